The van der Waals surface area contributed by atoms with Crippen LogP contribution in [0.2, 0.25) is 10.0 Å². The summed E-state index contributed by atoms with van der Waals surface area (Å²) in [6.07, 6.45) is 1.58. The molecule has 22 heavy (non-hydrogen) atoms. The molecule has 0 saturated heterocycles. The van der Waals surface area contributed by atoms with Crippen molar-refractivity contribution < 1.29 is 9.84 Å². The predicted octanol–water partition coefficient (Wildman–Crippen LogP) is 4.85. The highest BCUT2D eigenvalue weighted by Gasteiger charge is 2.08. The number of hydrogen-bond donors (Lipinski definition) is 2. The quantitative estimate of drug-likeness (QED) is 0.605. The number of anilines is 1. The maximum atomic E-state index is 9.78. The van der Waals surface area contributed by atoms with Crippen molar-refractivity contribution in [1.82, 2.24) is 0 Å². The fourth-order valence-electron chi connectivity index (χ4n) is 1.78. The van der Waals surface area contributed by atoms with Crippen molar-refractivity contribution in [2.24, 2.45) is 5.10 Å². The van der Waals surface area contributed by atoms with Crippen LogP contribution < -0.4 is 10.2 Å². The number of nitrogens with zero attached hydrogens (tertiary/aromatic N) is 1. The van der Waals surface area contributed by atoms with Crippen LogP contribution >= 0.6 is 23.2 Å². The number of hydrogen-bond acceptors (Lipinski definition) is 4. The van der Waals surface area contributed by atoms with Crippen LogP contribution in [0.25, 0.3) is 0 Å². The van der Waals surface area contributed by atoms with E-state index in [2.05, 4.69) is 10.5 Å². The van der Waals surface area contributed by atoms with Crippen molar-refractivity contribution in [2.75, 3.05) is 12.0 Å². The predicted molar refractivity (Wildman–Crippen MR) is 91.7 cm³/mol. The minimum Gasteiger partial charge on any atom is -0.503 e. The van der Waals surface area contributed by atoms with Crippen LogP contribution in [0.1, 0.15) is 18.1 Å². The van der Waals surface area contributed by atoms with Gasteiger partial charge in [-0.3, -0.25) is 5.43 Å². The molecule has 0 aliphatic rings. The van der Waals surface area contributed by atoms with Crippen LogP contribution in [0.4, 0.5) is 5.69 Å². The van der Waals surface area contributed by atoms with E-state index >= 15 is 0 Å². The second kappa shape index (κ2) is 7.38. The molecule has 0 aliphatic heterocycles. The number of ether oxygens (including phenoxy) is 1. The Morgan fingerprint density at radius 3 is 2.68 bits per heavy atom. The summed E-state index contributed by atoms with van der Waals surface area (Å²) in [4.78, 5) is 0. The van der Waals surface area contributed by atoms with Gasteiger partial charge in [0.05, 0.1) is 23.5 Å². The zero-order valence-corrected chi connectivity index (χ0v) is 13.7. The molecular formula is C16H16Cl2N2O2. The van der Waals surface area contributed by atoms with E-state index in [1.165, 1.54) is 0 Å². The van der Waals surface area contributed by atoms with Crippen LogP contribution in [-0.2, 0) is 0 Å². The molecule has 0 bridgehead atoms. The molecule has 0 saturated carbocycles. The van der Waals surface area contributed by atoms with Gasteiger partial charge in [0.2, 0.25) is 0 Å². The first-order valence-electron chi connectivity index (χ1n) is 6.71. The Bertz CT molecular complexity index is 703. The summed E-state index contributed by atoms with van der Waals surface area (Å²) in [7, 11) is 0. The highest BCUT2D eigenvalue weighted by atomic mass is 35.5. The van der Waals surface area contributed by atoms with Crippen LogP contribution in [0, 0.1) is 6.92 Å². The highest BCUT2D eigenvalue weighted by molar-refractivity contribution is 6.32. The fourth-order valence-corrected chi connectivity index (χ4v) is 2.18. The molecule has 0 aromatic heterocycles. The number of phenolic OH excluding ortho intramolecular Hbond substituents is 1. The molecule has 2 aromatic rings. The Hall–Kier alpha value is -1.91. The SMILES string of the molecule is CCOc1cc(C=NNc2ccc(C)c(Cl)c2)cc(Cl)c1O. The Labute approximate surface area is 139 Å². The van der Waals surface area contributed by atoms with E-state index in [1.807, 2.05) is 26.0 Å². The van der Waals surface area contributed by atoms with Crippen molar-refractivity contribution in [3.05, 3.63) is 51.5 Å². The normalized spacial score (nSPS) is 10.9. The summed E-state index contributed by atoms with van der Waals surface area (Å²) in [5.74, 6) is 0.258. The van der Waals surface area contributed by atoms with Crippen LogP contribution in [0.5, 0.6) is 11.5 Å². The number of halogens is 2. The Morgan fingerprint density at radius 1 is 1.23 bits per heavy atom. The molecule has 2 rings (SSSR count). The van der Waals surface area contributed by atoms with Crippen LogP contribution in [-0.4, -0.2) is 17.9 Å². The molecule has 0 unspecified atom stereocenters. The van der Waals surface area contributed by atoms with E-state index < -0.39 is 0 Å². The minimum absolute atomic E-state index is 0.0704. The van der Waals surface area contributed by atoms with E-state index in [0.29, 0.717) is 22.9 Å². The summed E-state index contributed by atoms with van der Waals surface area (Å²) in [5, 5.41) is 14.8. The lowest BCUT2D eigenvalue weighted by Crippen LogP contribution is -1.95. The number of aryl methyl sites for hydroxylation is 1. The average molecular weight is 339 g/mol. The lowest BCUT2D eigenvalue weighted by Gasteiger charge is -2.08. The fraction of sp³-hybridized carbons (Fsp3) is 0.188. The van der Waals surface area contributed by atoms with Gasteiger partial charge in [0.15, 0.2) is 11.5 Å². The monoisotopic (exact) mass is 338 g/mol. The Morgan fingerprint density at radius 2 is 2.00 bits per heavy atom. The molecule has 0 aliphatic carbocycles. The molecule has 0 heterocycles. The number of phenols is 1. The maximum Gasteiger partial charge on any atom is 0.176 e. The summed E-state index contributed by atoms with van der Waals surface area (Å²) in [6.45, 7) is 4.20. The van der Waals surface area contributed by atoms with Gasteiger partial charge in [-0.1, -0.05) is 29.3 Å². The third-order valence-electron chi connectivity index (χ3n) is 2.93. The van der Waals surface area contributed by atoms with Crippen molar-refractivity contribution in [2.45, 2.75) is 13.8 Å². The molecule has 2 N–H and O–H groups in total. The minimum atomic E-state index is -0.0704. The van der Waals surface area contributed by atoms with E-state index in [4.69, 9.17) is 27.9 Å². The first kappa shape index (κ1) is 16.5. The zero-order valence-electron chi connectivity index (χ0n) is 12.2. The van der Waals surface area contributed by atoms with E-state index in [0.717, 1.165) is 11.3 Å². The van der Waals surface area contributed by atoms with Crippen LogP contribution in [0.15, 0.2) is 35.4 Å². The molecule has 4 nitrogen and oxygen atoms in total. The lowest BCUT2D eigenvalue weighted by atomic mass is 10.2. The first-order valence-corrected chi connectivity index (χ1v) is 7.47. The average Bonchev–Trinajstić information content (AvgIpc) is 2.48. The topological polar surface area (TPSA) is 53.8 Å². The van der Waals surface area contributed by atoms with Gasteiger partial charge >= 0.3 is 0 Å². The number of hydrazone groups is 1. The summed E-state index contributed by atoms with van der Waals surface area (Å²) < 4.78 is 5.32. The first-order chi connectivity index (χ1) is 10.5. The second-order valence-corrected chi connectivity index (χ2v) is 5.43. The van der Waals surface area contributed by atoms with Crippen molar-refractivity contribution in [1.29, 1.82) is 0 Å². The number of rotatable bonds is 5. The van der Waals surface area contributed by atoms with Gasteiger partial charge in [0.25, 0.3) is 0 Å². The molecule has 6 heteroatoms. The smallest absolute Gasteiger partial charge is 0.176 e. The van der Waals surface area contributed by atoms with Gasteiger partial charge < -0.3 is 9.84 Å². The summed E-state index contributed by atoms with van der Waals surface area (Å²) in [6, 6.07) is 8.85. The Balaban J connectivity index is 2.14. The zero-order chi connectivity index (χ0) is 16.1. The molecule has 2 aromatic carbocycles. The molecule has 0 radical (unpaired) electrons. The summed E-state index contributed by atoms with van der Waals surface area (Å²) >= 11 is 12.0. The maximum absolute atomic E-state index is 9.78. The van der Waals surface area contributed by atoms with E-state index in [1.54, 1.807) is 24.4 Å². The van der Waals surface area contributed by atoms with Crippen molar-refractivity contribution >= 4 is 35.1 Å². The van der Waals surface area contributed by atoms with Crippen molar-refractivity contribution in [3.8, 4) is 11.5 Å². The highest BCUT2D eigenvalue weighted by Crippen LogP contribution is 2.34. The number of aromatic hydroxyl groups is 1. The van der Waals surface area contributed by atoms with Gasteiger partial charge in [-0.15, -0.1) is 0 Å². The summed E-state index contributed by atoms with van der Waals surface area (Å²) in [5.41, 5.74) is 5.37. The van der Waals surface area contributed by atoms with Gasteiger partial charge in [-0.05, 0) is 49.2 Å². The molecule has 0 amide bonds. The molecule has 0 spiro atoms. The Kier molecular flexibility index (Phi) is 5.52. The van der Waals surface area contributed by atoms with Gasteiger partial charge in [-0.2, -0.15) is 5.10 Å². The van der Waals surface area contributed by atoms with Crippen LogP contribution in [0.3, 0.4) is 0 Å². The van der Waals surface area contributed by atoms with Gasteiger partial charge in [0, 0.05) is 5.02 Å². The standard InChI is InChI=1S/C16H16Cl2N2O2/c1-3-22-15-7-11(6-14(18)16(15)21)9-19-20-12-5-4-10(2)13(17)8-12/h4-9,20-21H,3H2,1-2H3. The second-order valence-electron chi connectivity index (χ2n) is 4.62. The van der Waals surface area contributed by atoms with E-state index in [-0.39, 0.29) is 10.8 Å². The number of nitrogens with one attached hydrogen (secondary N) is 1. The third-order valence-corrected chi connectivity index (χ3v) is 3.63. The molecule has 0 fully saturated rings. The molecular weight excluding hydrogens is 323 g/mol. The van der Waals surface area contributed by atoms with Crippen molar-refractivity contribution in [3.63, 3.8) is 0 Å². The van der Waals surface area contributed by atoms with E-state index in [9.17, 15) is 5.11 Å². The molecule has 116 valence electrons. The lowest BCUT2D eigenvalue weighted by molar-refractivity contribution is 0.318. The number of benzene rings is 2. The molecule has 0 atom stereocenters. The van der Waals surface area contributed by atoms with Gasteiger partial charge in [-0.25, -0.2) is 0 Å². The third kappa shape index (κ3) is 4.06. The van der Waals surface area contributed by atoms with Gasteiger partial charge in [0.1, 0.15) is 0 Å². The largest absolute Gasteiger partial charge is 0.503 e.